The zero-order valence-electron chi connectivity index (χ0n) is 22.4. The summed E-state index contributed by atoms with van der Waals surface area (Å²) in [6.07, 6.45) is 0.723. The fraction of sp³-hybridized carbons (Fsp3) is 0.212. The van der Waals surface area contributed by atoms with Crippen LogP contribution in [0.2, 0.25) is 5.04 Å². The molecular weight excluding hydrogens is 488 g/mol. The van der Waals surface area contributed by atoms with Gasteiger partial charge in [0.15, 0.2) is 5.78 Å². The Morgan fingerprint density at radius 1 is 0.737 bits per heavy atom. The Labute approximate surface area is 226 Å². The molecule has 0 unspecified atom stereocenters. The molecule has 0 aliphatic heterocycles. The van der Waals surface area contributed by atoms with E-state index in [1.165, 1.54) is 17.5 Å². The van der Waals surface area contributed by atoms with Crippen LogP contribution in [0.25, 0.3) is 0 Å². The molecule has 4 rings (SSSR count). The van der Waals surface area contributed by atoms with E-state index in [2.05, 4.69) is 69.3 Å². The summed E-state index contributed by atoms with van der Waals surface area (Å²) >= 11 is 0. The van der Waals surface area contributed by atoms with Gasteiger partial charge in [0.2, 0.25) is 0 Å². The van der Waals surface area contributed by atoms with Crippen LogP contribution < -0.4 is 14.8 Å². The number of rotatable bonds is 9. The molecule has 194 valence electrons. The second-order valence-corrected chi connectivity index (χ2v) is 14.6. The van der Waals surface area contributed by atoms with Gasteiger partial charge < -0.3 is 9.16 Å². The SMILES string of the molecule is COC(=O)c1ccccc1CCC(=O)c1cccc(O[Si](c2ccccc2)(c2ccccc2)C(C)(C)C)c1. The van der Waals surface area contributed by atoms with E-state index < -0.39 is 14.3 Å². The summed E-state index contributed by atoms with van der Waals surface area (Å²) in [6, 6.07) is 35.6. The van der Waals surface area contributed by atoms with Crippen LogP contribution in [0.1, 0.15) is 53.5 Å². The second kappa shape index (κ2) is 11.6. The molecule has 0 N–H and O–H groups in total. The van der Waals surface area contributed by atoms with Gasteiger partial charge in [-0.05, 0) is 45.6 Å². The van der Waals surface area contributed by atoms with Gasteiger partial charge in [0.25, 0.3) is 0 Å². The highest BCUT2D eigenvalue weighted by molar-refractivity contribution is 7.00. The molecule has 0 aliphatic rings. The van der Waals surface area contributed by atoms with Gasteiger partial charge in [-0.2, -0.15) is 0 Å². The largest absolute Gasteiger partial charge is 0.534 e. The number of benzene rings is 4. The maximum absolute atomic E-state index is 13.3. The Kier molecular flexibility index (Phi) is 8.28. The molecule has 4 aromatic carbocycles. The number of esters is 1. The molecule has 0 saturated heterocycles. The lowest BCUT2D eigenvalue weighted by molar-refractivity contribution is 0.0599. The van der Waals surface area contributed by atoms with Crippen molar-refractivity contribution in [3.05, 3.63) is 126 Å². The molecule has 0 heterocycles. The van der Waals surface area contributed by atoms with E-state index >= 15 is 0 Å². The number of hydrogen-bond donors (Lipinski definition) is 0. The molecule has 5 heteroatoms. The number of Topliss-reactive ketones (excluding diaryl/α,β-unsaturated/α-hetero) is 1. The monoisotopic (exact) mass is 522 g/mol. The van der Waals surface area contributed by atoms with Crippen LogP contribution in [0.15, 0.2) is 109 Å². The lowest BCUT2D eigenvalue weighted by atomic mass is 9.99. The first-order valence-electron chi connectivity index (χ1n) is 12.9. The average Bonchev–Trinajstić information content (AvgIpc) is 2.94. The van der Waals surface area contributed by atoms with Crippen LogP contribution in [0.3, 0.4) is 0 Å². The molecule has 0 spiro atoms. The Morgan fingerprint density at radius 3 is 1.89 bits per heavy atom. The van der Waals surface area contributed by atoms with E-state index in [4.69, 9.17) is 9.16 Å². The highest BCUT2D eigenvalue weighted by Crippen LogP contribution is 2.37. The Morgan fingerprint density at radius 2 is 1.32 bits per heavy atom. The van der Waals surface area contributed by atoms with Crippen LogP contribution in [-0.2, 0) is 11.2 Å². The third kappa shape index (κ3) is 5.63. The normalized spacial score (nSPS) is 11.6. The molecule has 0 saturated carbocycles. The standard InChI is InChI=1S/C33H34O4Si/c1-33(2,3)38(28-17-7-5-8-18-28,29-19-9-6-10-20-29)37-27-16-13-15-26(24-27)31(34)23-22-25-14-11-12-21-30(25)32(35)36-4/h5-21,24H,22-23H2,1-4H3. The summed E-state index contributed by atoms with van der Waals surface area (Å²) in [4.78, 5) is 25.4. The summed E-state index contributed by atoms with van der Waals surface area (Å²) in [5.74, 6) is 0.284. The zero-order chi connectivity index (χ0) is 27.2. The molecule has 0 aliphatic carbocycles. The van der Waals surface area contributed by atoms with E-state index in [0.29, 0.717) is 23.3 Å². The molecule has 0 fully saturated rings. The first kappa shape index (κ1) is 27.1. The van der Waals surface area contributed by atoms with Crippen LogP contribution >= 0.6 is 0 Å². The van der Waals surface area contributed by atoms with Gasteiger partial charge in [0.1, 0.15) is 5.75 Å². The van der Waals surface area contributed by atoms with Gasteiger partial charge in [-0.3, -0.25) is 4.79 Å². The van der Waals surface area contributed by atoms with Gasteiger partial charge in [-0.25, -0.2) is 4.79 Å². The lowest BCUT2D eigenvalue weighted by Crippen LogP contribution is -2.68. The number of ether oxygens (including phenoxy) is 1. The number of hydrogen-bond acceptors (Lipinski definition) is 4. The minimum atomic E-state index is -2.81. The molecule has 4 nitrogen and oxygen atoms in total. The average molecular weight is 523 g/mol. The third-order valence-electron chi connectivity index (χ3n) is 6.89. The molecule has 0 atom stereocenters. The molecule has 0 bridgehead atoms. The number of ketones is 1. The molecular formula is C33H34O4Si. The van der Waals surface area contributed by atoms with E-state index in [9.17, 15) is 9.59 Å². The minimum Gasteiger partial charge on any atom is -0.534 e. The first-order valence-corrected chi connectivity index (χ1v) is 14.8. The van der Waals surface area contributed by atoms with Crippen LogP contribution in [-0.4, -0.2) is 27.2 Å². The van der Waals surface area contributed by atoms with Crippen molar-refractivity contribution in [2.24, 2.45) is 0 Å². The van der Waals surface area contributed by atoms with E-state index in [1.54, 1.807) is 12.1 Å². The fourth-order valence-corrected chi connectivity index (χ4v) is 9.41. The van der Waals surface area contributed by atoms with Gasteiger partial charge in [0, 0.05) is 12.0 Å². The van der Waals surface area contributed by atoms with E-state index in [1.807, 2.05) is 48.5 Å². The molecule has 4 aromatic rings. The van der Waals surface area contributed by atoms with Crippen molar-refractivity contribution in [3.8, 4) is 5.75 Å². The summed E-state index contributed by atoms with van der Waals surface area (Å²) < 4.78 is 12.0. The fourth-order valence-electron chi connectivity index (χ4n) is 5.00. The van der Waals surface area contributed by atoms with E-state index in [-0.39, 0.29) is 17.2 Å². The molecule has 0 radical (unpaired) electrons. The van der Waals surface area contributed by atoms with Crippen LogP contribution in [0.4, 0.5) is 0 Å². The first-order chi connectivity index (χ1) is 18.3. The summed E-state index contributed by atoms with van der Waals surface area (Å²) in [7, 11) is -1.44. The van der Waals surface area contributed by atoms with Gasteiger partial charge in [0.05, 0.1) is 12.7 Å². The lowest BCUT2D eigenvalue weighted by Gasteiger charge is -2.43. The Bertz CT molecular complexity index is 1350. The Hall–Kier alpha value is -3.96. The second-order valence-electron chi connectivity index (χ2n) is 10.4. The van der Waals surface area contributed by atoms with Crippen LogP contribution in [0, 0.1) is 0 Å². The predicted molar refractivity (Wildman–Crippen MR) is 155 cm³/mol. The maximum atomic E-state index is 13.3. The highest BCUT2D eigenvalue weighted by Gasteiger charge is 2.52. The molecule has 38 heavy (non-hydrogen) atoms. The molecule has 0 aromatic heterocycles. The smallest absolute Gasteiger partial charge is 0.338 e. The molecule has 0 amide bonds. The minimum absolute atomic E-state index is 0.00225. The van der Waals surface area contributed by atoms with Crippen LogP contribution in [0.5, 0.6) is 5.75 Å². The summed E-state index contributed by atoms with van der Waals surface area (Å²) in [5, 5.41) is 2.16. The maximum Gasteiger partial charge on any atom is 0.338 e. The van der Waals surface area contributed by atoms with Crippen molar-refractivity contribution in [2.45, 2.75) is 38.7 Å². The van der Waals surface area contributed by atoms with Gasteiger partial charge in [-0.1, -0.05) is 112 Å². The van der Waals surface area contributed by atoms with Crippen molar-refractivity contribution >= 4 is 30.4 Å². The van der Waals surface area contributed by atoms with Gasteiger partial charge >= 0.3 is 14.3 Å². The number of aryl methyl sites for hydroxylation is 1. The van der Waals surface area contributed by atoms with Gasteiger partial charge in [-0.15, -0.1) is 0 Å². The van der Waals surface area contributed by atoms with Crippen molar-refractivity contribution < 1.29 is 18.8 Å². The van der Waals surface area contributed by atoms with Crippen molar-refractivity contribution in [2.75, 3.05) is 7.11 Å². The third-order valence-corrected chi connectivity index (χ3v) is 11.8. The van der Waals surface area contributed by atoms with Crippen molar-refractivity contribution in [1.29, 1.82) is 0 Å². The topological polar surface area (TPSA) is 52.6 Å². The van der Waals surface area contributed by atoms with Crippen molar-refractivity contribution in [3.63, 3.8) is 0 Å². The summed E-state index contributed by atoms with van der Waals surface area (Å²) in [6.45, 7) is 6.69. The number of methoxy groups -OCH3 is 1. The van der Waals surface area contributed by atoms with E-state index in [0.717, 1.165) is 5.56 Å². The quantitative estimate of drug-likeness (QED) is 0.149. The summed E-state index contributed by atoms with van der Waals surface area (Å²) in [5.41, 5.74) is 1.88. The Balaban J connectivity index is 1.66. The predicted octanol–water partition coefficient (Wildman–Crippen LogP) is 6.23. The zero-order valence-corrected chi connectivity index (χ0v) is 23.4. The number of carbonyl (C=O) groups excluding carboxylic acids is 2. The number of carbonyl (C=O) groups is 2. The van der Waals surface area contributed by atoms with Crippen molar-refractivity contribution in [1.82, 2.24) is 0 Å². The highest BCUT2D eigenvalue weighted by atomic mass is 28.4.